The van der Waals surface area contributed by atoms with E-state index in [1.165, 1.54) is 5.56 Å². The molecule has 1 fully saturated rings. The highest BCUT2D eigenvalue weighted by Gasteiger charge is 2.43. The van der Waals surface area contributed by atoms with E-state index in [-0.39, 0.29) is 5.41 Å². The van der Waals surface area contributed by atoms with Crippen molar-refractivity contribution in [3.63, 3.8) is 0 Å². The summed E-state index contributed by atoms with van der Waals surface area (Å²) in [6.07, 6.45) is 4.01. The number of carbonyl (C=O) groups is 1. The summed E-state index contributed by atoms with van der Waals surface area (Å²) in [5, 5.41) is 20.8. The van der Waals surface area contributed by atoms with Crippen LogP contribution in [0.1, 0.15) is 34.5 Å². The Balaban J connectivity index is 1.41. The van der Waals surface area contributed by atoms with Crippen molar-refractivity contribution >= 4 is 5.97 Å². The number of para-hydroxylation sites is 1. The highest BCUT2D eigenvalue weighted by molar-refractivity contribution is 5.87. The van der Waals surface area contributed by atoms with Crippen LogP contribution in [0.5, 0.6) is 0 Å². The number of nitrogens with zero attached hydrogens (tertiary/aromatic N) is 3. The summed E-state index contributed by atoms with van der Waals surface area (Å²) < 4.78 is 1.84. The zero-order valence-corrected chi connectivity index (χ0v) is 14.3. The lowest BCUT2D eigenvalue weighted by molar-refractivity contribution is 0.0697. The molecule has 26 heavy (non-hydrogen) atoms. The molecule has 6 nitrogen and oxygen atoms in total. The molecule has 6 heteroatoms. The molecule has 0 radical (unpaired) electrons. The van der Waals surface area contributed by atoms with Gasteiger partial charge in [0.25, 0.3) is 0 Å². The smallest absolute Gasteiger partial charge is 0.335 e. The number of hydrogen-bond donors (Lipinski definition) is 2. The average Bonchev–Trinajstić information content (AvgIpc) is 3.32. The van der Waals surface area contributed by atoms with Crippen LogP contribution in [0.15, 0.2) is 60.8 Å². The predicted octanol–water partition coefficient (Wildman–Crippen LogP) is 2.79. The highest BCUT2D eigenvalue weighted by atomic mass is 16.4. The van der Waals surface area contributed by atoms with E-state index in [0.717, 1.165) is 30.8 Å². The number of nitrogens with one attached hydrogen (secondary N) is 1. The van der Waals surface area contributed by atoms with Crippen LogP contribution in [0.4, 0.5) is 0 Å². The number of aromatic nitrogens is 3. The second-order valence-electron chi connectivity index (χ2n) is 6.74. The highest BCUT2D eigenvalue weighted by Crippen LogP contribution is 2.47. The van der Waals surface area contributed by atoms with Crippen LogP contribution in [0.2, 0.25) is 0 Å². The van der Waals surface area contributed by atoms with Crippen molar-refractivity contribution < 1.29 is 9.90 Å². The molecule has 1 aromatic heterocycles. The number of aromatic carboxylic acids is 1. The Morgan fingerprint density at radius 1 is 1.12 bits per heavy atom. The first-order valence-corrected chi connectivity index (χ1v) is 8.68. The molecule has 2 N–H and O–H groups in total. The standard InChI is InChI=1S/C20H20N4O2/c25-19(26)15-6-8-16(9-7-15)20(10-11-20)14-21-12-18-13-22-23-24(18)17-4-2-1-3-5-17/h1-9,13,21H,10-12,14H2,(H,25,26). The molecule has 0 amide bonds. The molecule has 1 aliphatic rings. The van der Waals surface area contributed by atoms with Crippen LogP contribution < -0.4 is 5.32 Å². The van der Waals surface area contributed by atoms with Gasteiger partial charge in [-0.2, -0.15) is 0 Å². The van der Waals surface area contributed by atoms with Gasteiger partial charge in [0.2, 0.25) is 0 Å². The van der Waals surface area contributed by atoms with Gasteiger partial charge in [0.15, 0.2) is 0 Å². The fourth-order valence-electron chi connectivity index (χ4n) is 3.28. The van der Waals surface area contributed by atoms with E-state index in [1.54, 1.807) is 18.3 Å². The van der Waals surface area contributed by atoms with Crippen molar-refractivity contribution in [2.24, 2.45) is 0 Å². The normalized spacial score (nSPS) is 14.9. The Labute approximate surface area is 151 Å². The van der Waals surface area contributed by atoms with Crippen LogP contribution in [-0.4, -0.2) is 32.6 Å². The van der Waals surface area contributed by atoms with Gasteiger partial charge < -0.3 is 10.4 Å². The topological polar surface area (TPSA) is 80.0 Å². The van der Waals surface area contributed by atoms with Crippen LogP contribution >= 0.6 is 0 Å². The van der Waals surface area contributed by atoms with Crippen molar-refractivity contribution in [1.82, 2.24) is 20.3 Å². The molecule has 1 saturated carbocycles. The first-order valence-electron chi connectivity index (χ1n) is 8.68. The number of benzene rings is 2. The second-order valence-corrected chi connectivity index (χ2v) is 6.74. The molecule has 2 aromatic carbocycles. The first-order chi connectivity index (χ1) is 12.7. The zero-order chi connectivity index (χ0) is 18.0. The summed E-state index contributed by atoms with van der Waals surface area (Å²) in [6.45, 7) is 1.52. The average molecular weight is 348 g/mol. The molecular formula is C20H20N4O2. The molecular weight excluding hydrogens is 328 g/mol. The van der Waals surface area contributed by atoms with Crippen molar-refractivity contribution in [1.29, 1.82) is 0 Å². The molecule has 132 valence electrons. The first kappa shape index (κ1) is 16.5. The van der Waals surface area contributed by atoms with Gasteiger partial charge >= 0.3 is 5.97 Å². The molecule has 0 saturated heterocycles. The maximum Gasteiger partial charge on any atom is 0.335 e. The molecule has 3 aromatic rings. The summed E-state index contributed by atoms with van der Waals surface area (Å²) in [4.78, 5) is 11.0. The lowest BCUT2D eigenvalue weighted by Gasteiger charge is -2.17. The Kier molecular flexibility index (Phi) is 4.26. The van der Waals surface area contributed by atoms with E-state index in [4.69, 9.17) is 5.11 Å². The molecule has 1 heterocycles. The van der Waals surface area contributed by atoms with Gasteiger partial charge in [-0.05, 0) is 42.7 Å². The largest absolute Gasteiger partial charge is 0.478 e. The Morgan fingerprint density at radius 3 is 2.50 bits per heavy atom. The summed E-state index contributed by atoms with van der Waals surface area (Å²) >= 11 is 0. The van der Waals surface area contributed by atoms with Crippen LogP contribution in [0, 0.1) is 0 Å². The maximum absolute atomic E-state index is 11.0. The van der Waals surface area contributed by atoms with Crippen molar-refractivity contribution in [3.8, 4) is 5.69 Å². The molecule has 0 aliphatic heterocycles. The van der Waals surface area contributed by atoms with Crippen molar-refractivity contribution in [3.05, 3.63) is 77.6 Å². The van der Waals surface area contributed by atoms with E-state index in [2.05, 4.69) is 15.6 Å². The number of hydrogen-bond acceptors (Lipinski definition) is 4. The van der Waals surface area contributed by atoms with Gasteiger partial charge in [-0.1, -0.05) is 35.5 Å². The lowest BCUT2D eigenvalue weighted by atomic mass is 9.95. The minimum atomic E-state index is -0.888. The third kappa shape index (κ3) is 3.23. The van der Waals surface area contributed by atoms with Gasteiger partial charge in [-0.25, -0.2) is 9.48 Å². The van der Waals surface area contributed by atoms with Crippen LogP contribution in [0.25, 0.3) is 5.69 Å². The van der Waals surface area contributed by atoms with Gasteiger partial charge in [-0.15, -0.1) is 5.10 Å². The number of carboxylic acid groups (broad SMARTS) is 1. The fraction of sp³-hybridized carbons (Fsp3) is 0.250. The third-order valence-corrected chi connectivity index (χ3v) is 4.99. The number of rotatable bonds is 7. The summed E-state index contributed by atoms with van der Waals surface area (Å²) in [6, 6.07) is 17.2. The van der Waals surface area contributed by atoms with E-state index in [0.29, 0.717) is 12.1 Å². The summed E-state index contributed by atoms with van der Waals surface area (Å²) in [5.41, 5.74) is 3.64. The minimum Gasteiger partial charge on any atom is -0.478 e. The van der Waals surface area contributed by atoms with Gasteiger partial charge in [0.1, 0.15) is 0 Å². The van der Waals surface area contributed by atoms with Gasteiger partial charge in [-0.3, -0.25) is 0 Å². The quantitative estimate of drug-likeness (QED) is 0.686. The van der Waals surface area contributed by atoms with Gasteiger partial charge in [0, 0.05) is 18.5 Å². The molecule has 0 spiro atoms. The Bertz CT molecular complexity index is 899. The molecule has 1 aliphatic carbocycles. The number of carboxylic acids is 1. The summed E-state index contributed by atoms with van der Waals surface area (Å²) in [5.74, 6) is -0.888. The van der Waals surface area contributed by atoms with Crippen LogP contribution in [0.3, 0.4) is 0 Å². The van der Waals surface area contributed by atoms with Crippen molar-refractivity contribution in [2.45, 2.75) is 24.8 Å². The Hall–Kier alpha value is -2.99. The zero-order valence-electron chi connectivity index (χ0n) is 14.3. The fourth-order valence-corrected chi connectivity index (χ4v) is 3.28. The second kappa shape index (κ2) is 6.72. The SMILES string of the molecule is O=C(O)c1ccc(C2(CNCc3cnnn3-c3ccccc3)CC2)cc1. The molecule has 0 atom stereocenters. The van der Waals surface area contributed by atoms with Gasteiger partial charge in [0.05, 0.1) is 23.1 Å². The summed E-state index contributed by atoms with van der Waals surface area (Å²) in [7, 11) is 0. The third-order valence-electron chi connectivity index (χ3n) is 4.99. The van der Waals surface area contributed by atoms with E-state index in [9.17, 15) is 4.79 Å². The van der Waals surface area contributed by atoms with Crippen molar-refractivity contribution in [2.75, 3.05) is 6.54 Å². The maximum atomic E-state index is 11.0. The molecule has 0 bridgehead atoms. The van der Waals surface area contributed by atoms with Crippen LogP contribution in [-0.2, 0) is 12.0 Å². The minimum absolute atomic E-state index is 0.113. The predicted molar refractivity (Wildman–Crippen MR) is 97.4 cm³/mol. The lowest BCUT2D eigenvalue weighted by Crippen LogP contribution is -2.27. The molecule has 4 rings (SSSR count). The molecule has 0 unspecified atom stereocenters. The van der Waals surface area contributed by atoms with E-state index in [1.807, 2.05) is 47.1 Å². The van der Waals surface area contributed by atoms with E-state index < -0.39 is 5.97 Å². The monoisotopic (exact) mass is 348 g/mol. The van der Waals surface area contributed by atoms with E-state index >= 15 is 0 Å². The Morgan fingerprint density at radius 2 is 1.85 bits per heavy atom.